The normalized spacial score (nSPS) is 38.0. The van der Waals surface area contributed by atoms with Crippen LogP contribution >= 0.6 is 0 Å². The monoisotopic (exact) mass is 269 g/mol. The summed E-state index contributed by atoms with van der Waals surface area (Å²) in [6.07, 6.45) is 6.69. The summed E-state index contributed by atoms with van der Waals surface area (Å²) in [6, 6.07) is 10.1. The Morgan fingerprint density at radius 2 is 1.50 bits per heavy atom. The molecule has 0 atom stereocenters. The Hall–Kier alpha value is -1.31. The zero-order chi connectivity index (χ0) is 13.7. The van der Waals surface area contributed by atoms with Gasteiger partial charge >= 0.3 is 0 Å². The first-order valence-corrected chi connectivity index (χ1v) is 8.05. The highest BCUT2D eigenvalue weighted by Gasteiger charge is 2.51. The van der Waals surface area contributed by atoms with Crippen LogP contribution in [-0.4, -0.2) is 13.0 Å². The Balaban J connectivity index is 1.57. The summed E-state index contributed by atoms with van der Waals surface area (Å²) in [5, 5.41) is 0. The number of amides is 1. The van der Waals surface area contributed by atoms with Crippen molar-refractivity contribution in [2.45, 2.75) is 32.1 Å². The van der Waals surface area contributed by atoms with Gasteiger partial charge in [0.1, 0.15) is 0 Å². The highest BCUT2D eigenvalue weighted by atomic mass is 16.2. The van der Waals surface area contributed by atoms with E-state index >= 15 is 0 Å². The van der Waals surface area contributed by atoms with Gasteiger partial charge < -0.3 is 4.90 Å². The van der Waals surface area contributed by atoms with E-state index in [0.29, 0.717) is 23.7 Å². The molecule has 0 aromatic heterocycles. The summed E-state index contributed by atoms with van der Waals surface area (Å²) < 4.78 is 0. The van der Waals surface area contributed by atoms with Crippen molar-refractivity contribution in [2.75, 3.05) is 11.9 Å². The number of para-hydroxylation sites is 1. The molecule has 5 rings (SSSR count). The molecule has 4 bridgehead atoms. The van der Waals surface area contributed by atoms with Crippen LogP contribution in [0.15, 0.2) is 30.3 Å². The molecule has 106 valence electrons. The Labute approximate surface area is 121 Å². The Bertz CT molecular complexity index is 481. The Morgan fingerprint density at radius 3 is 2.05 bits per heavy atom. The minimum atomic E-state index is 0.299. The van der Waals surface area contributed by atoms with E-state index in [0.717, 1.165) is 17.5 Å². The van der Waals surface area contributed by atoms with Crippen LogP contribution in [0, 0.1) is 29.6 Å². The fourth-order valence-corrected chi connectivity index (χ4v) is 5.33. The molecule has 0 aliphatic heterocycles. The van der Waals surface area contributed by atoms with Gasteiger partial charge in [0.05, 0.1) is 0 Å². The maximum atomic E-state index is 13.0. The number of rotatable bonds is 2. The van der Waals surface area contributed by atoms with Crippen molar-refractivity contribution in [2.24, 2.45) is 29.6 Å². The number of anilines is 1. The molecule has 2 nitrogen and oxygen atoms in total. The van der Waals surface area contributed by atoms with Crippen molar-refractivity contribution in [1.29, 1.82) is 0 Å². The molecule has 0 N–H and O–H groups in total. The third kappa shape index (κ3) is 1.88. The van der Waals surface area contributed by atoms with E-state index in [1.165, 1.54) is 32.1 Å². The van der Waals surface area contributed by atoms with Gasteiger partial charge in [0.15, 0.2) is 0 Å². The molecule has 1 aromatic rings. The molecular formula is C18H23NO. The van der Waals surface area contributed by atoms with E-state index in [-0.39, 0.29) is 0 Å². The molecule has 0 heterocycles. The molecule has 1 aromatic carbocycles. The molecule has 20 heavy (non-hydrogen) atoms. The van der Waals surface area contributed by atoms with E-state index in [4.69, 9.17) is 0 Å². The fourth-order valence-electron chi connectivity index (χ4n) is 5.33. The van der Waals surface area contributed by atoms with Crippen LogP contribution in [-0.2, 0) is 4.79 Å². The zero-order valence-corrected chi connectivity index (χ0v) is 12.2. The van der Waals surface area contributed by atoms with Crippen molar-refractivity contribution in [1.82, 2.24) is 0 Å². The maximum Gasteiger partial charge on any atom is 0.230 e. The standard InChI is InChI=1S/C18H23NO/c1-19(16-5-3-2-4-6-16)18(20)17-14-8-12-7-13(10-14)11-15(17)9-12/h2-6,12-15,17H,7-11H2,1H3. The first-order chi connectivity index (χ1) is 9.72. The summed E-state index contributed by atoms with van der Waals surface area (Å²) in [7, 11) is 1.95. The lowest BCUT2D eigenvalue weighted by molar-refractivity contribution is -0.135. The quantitative estimate of drug-likeness (QED) is 0.801. The van der Waals surface area contributed by atoms with Crippen LogP contribution in [0.25, 0.3) is 0 Å². The van der Waals surface area contributed by atoms with E-state index < -0.39 is 0 Å². The Morgan fingerprint density at radius 1 is 0.950 bits per heavy atom. The third-order valence-electron chi connectivity index (χ3n) is 5.99. The van der Waals surface area contributed by atoms with Crippen LogP contribution in [0.4, 0.5) is 5.69 Å². The molecular weight excluding hydrogens is 246 g/mol. The van der Waals surface area contributed by atoms with Gasteiger partial charge in [0.2, 0.25) is 5.91 Å². The minimum Gasteiger partial charge on any atom is -0.315 e. The molecule has 2 heteroatoms. The molecule has 1 amide bonds. The molecule has 4 saturated carbocycles. The lowest BCUT2D eigenvalue weighted by Crippen LogP contribution is -2.51. The van der Waals surface area contributed by atoms with Gasteiger partial charge in [0, 0.05) is 18.7 Å². The van der Waals surface area contributed by atoms with Crippen LogP contribution in [0.3, 0.4) is 0 Å². The molecule has 4 fully saturated rings. The summed E-state index contributed by atoms with van der Waals surface area (Å²) in [6.45, 7) is 0. The van der Waals surface area contributed by atoms with Gasteiger partial charge in [-0.3, -0.25) is 4.79 Å². The van der Waals surface area contributed by atoms with Crippen molar-refractivity contribution >= 4 is 11.6 Å². The molecule has 0 saturated heterocycles. The van der Waals surface area contributed by atoms with Gasteiger partial charge in [-0.2, -0.15) is 0 Å². The zero-order valence-electron chi connectivity index (χ0n) is 12.2. The maximum absolute atomic E-state index is 13.0. The van der Waals surface area contributed by atoms with Gasteiger partial charge in [-0.1, -0.05) is 18.2 Å². The van der Waals surface area contributed by atoms with Gasteiger partial charge in [0.25, 0.3) is 0 Å². The third-order valence-corrected chi connectivity index (χ3v) is 5.99. The number of hydrogen-bond donors (Lipinski definition) is 0. The van der Waals surface area contributed by atoms with Crippen molar-refractivity contribution in [3.63, 3.8) is 0 Å². The second-order valence-electron chi connectivity index (χ2n) is 7.19. The van der Waals surface area contributed by atoms with Crippen LogP contribution in [0.2, 0.25) is 0 Å². The van der Waals surface area contributed by atoms with Gasteiger partial charge in [-0.25, -0.2) is 0 Å². The smallest absolute Gasteiger partial charge is 0.230 e. The van der Waals surface area contributed by atoms with Crippen LogP contribution in [0.5, 0.6) is 0 Å². The number of hydrogen-bond acceptors (Lipinski definition) is 1. The van der Waals surface area contributed by atoms with E-state index in [2.05, 4.69) is 0 Å². The number of carbonyl (C=O) groups is 1. The summed E-state index contributed by atoms with van der Waals surface area (Å²) in [4.78, 5) is 14.9. The topological polar surface area (TPSA) is 20.3 Å². The Kier molecular flexibility index (Phi) is 2.87. The minimum absolute atomic E-state index is 0.299. The summed E-state index contributed by atoms with van der Waals surface area (Å²) in [5.74, 6) is 3.87. The van der Waals surface area contributed by atoms with Crippen LogP contribution in [0.1, 0.15) is 32.1 Å². The second kappa shape index (κ2) is 4.61. The SMILES string of the molecule is CN(C(=O)C1C2CC3CC(C2)CC1C3)c1ccccc1. The van der Waals surface area contributed by atoms with Crippen molar-refractivity contribution < 1.29 is 4.79 Å². The first kappa shape index (κ1) is 12.4. The number of carbonyl (C=O) groups excluding carboxylic acids is 1. The lowest BCUT2D eigenvalue weighted by atomic mass is 9.51. The van der Waals surface area contributed by atoms with Gasteiger partial charge in [-0.15, -0.1) is 0 Å². The predicted octanol–water partition coefficient (Wildman–Crippen LogP) is 3.72. The highest BCUT2D eigenvalue weighted by molar-refractivity contribution is 5.95. The summed E-state index contributed by atoms with van der Waals surface area (Å²) in [5.41, 5.74) is 1.03. The largest absolute Gasteiger partial charge is 0.315 e. The average Bonchev–Trinajstić information content (AvgIpc) is 2.46. The first-order valence-electron chi connectivity index (χ1n) is 8.05. The fraction of sp³-hybridized carbons (Fsp3) is 0.611. The molecule has 0 radical (unpaired) electrons. The average molecular weight is 269 g/mol. The van der Waals surface area contributed by atoms with Crippen molar-refractivity contribution in [3.8, 4) is 0 Å². The summed E-state index contributed by atoms with van der Waals surface area (Å²) >= 11 is 0. The van der Waals surface area contributed by atoms with E-state index in [1.807, 2.05) is 42.3 Å². The second-order valence-corrected chi connectivity index (χ2v) is 7.19. The number of nitrogens with zero attached hydrogens (tertiary/aromatic N) is 1. The number of benzene rings is 1. The lowest BCUT2D eigenvalue weighted by Gasteiger charge is -2.54. The van der Waals surface area contributed by atoms with Crippen LogP contribution < -0.4 is 4.90 Å². The molecule has 4 aliphatic rings. The van der Waals surface area contributed by atoms with Gasteiger partial charge in [-0.05, 0) is 67.9 Å². The molecule has 4 aliphatic carbocycles. The predicted molar refractivity (Wildman–Crippen MR) is 80.4 cm³/mol. The molecule has 0 unspecified atom stereocenters. The van der Waals surface area contributed by atoms with Crippen molar-refractivity contribution in [3.05, 3.63) is 30.3 Å². The highest BCUT2D eigenvalue weighted by Crippen LogP contribution is 2.56. The molecule has 0 spiro atoms. The van der Waals surface area contributed by atoms with E-state index in [1.54, 1.807) is 0 Å². The van der Waals surface area contributed by atoms with E-state index in [9.17, 15) is 4.79 Å².